The first-order chi connectivity index (χ1) is 10.8. The zero-order chi connectivity index (χ0) is 14.9. The van der Waals surface area contributed by atoms with Crippen LogP contribution in [0.1, 0.15) is 35.1 Å². The molecule has 2 nitrogen and oxygen atoms in total. The van der Waals surface area contributed by atoms with Crippen LogP contribution in [0, 0.1) is 6.92 Å². The van der Waals surface area contributed by atoms with Crippen LogP contribution in [0.15, 0.2) is 41.4 Å². The zero-order valence-corrected chi connectivity index (χ0v) is 15.9. The maximum absolute atomic E-state index is 4.66. The topological polar surface area (TPSA) is 24.4 Å². The Hall–Kier alpha value is -1.36. The molecule has 0 saturated heterocycles. The van der Waals surface area contributed by atoms with E-state index in [-0.39, 0.29) is 24.0 Å². The van der Waals surface area contributed by atoms with E-state index in [2.05, 4.69) is 53.6 Å². The highest BCUT2D eigenvalue weighted by Crippen LogP contribution is 2.31. The lowest BCUT2D eigenvalue weighted by Gasteiger charge is -2.20. The molecule has 2 aliphatic rings. The number of rotatable bonds is 2. The summed E-state index contributed by atoms with van der Waals surface area (Å²) >= 11 is 0. The van der Waals surface area contributed by atoms with E-state index in [0.29, 0.717) is 0 Å². The van der Waals surface area contributed by atoms with Gasteiger partial charge in [0.25, 0.3) is 0 Å². The van der Waals surface area contributed by atoms with Gasteiger partial charge in [-0.3, -0.25) is 4.99 Å². The summed E-state index contributed by atoms with van der Waals surface area (Å²) in [5, 5.41) is 3.45. The lowest BCUT2D eigenvalue weighted by molar-refractivity contribution is 0.685. The van der Waals surface area contributed by atoms with E-state index < -0.39 is 0 Å². The molecule has 1 heterocycles. The van der Waals surface area contributed by atoms with Crippen LogP contribution in [-0.4, -0.2) is 18.9 Å². The Morgan fingerprint density at radius 1 is 0.913 bits per heavy atom. The van der Waals surface area contributed by atoms with Crippen LogP contribution in [0.3, 0.4) is 0 Å². The van der Waals surface area contributed by atoms with E-state index in [4.69, 9.17) is 0 Å². The van der Waals surface area contributed by atoms with Crippen molar-refractivity contribution in [1.29, 1.82) is 0 Å². The van der Waals surface area contributed by atoms with Crippen molar-refractivity contribution in [3.05, 3.63) is 58.7 Å². The average molecular weight is 418 g/mol. The van der Waals surface area contributed by atoms with Gasteiger partial charge < -0.3 is 5.32 Å². The molecule has 0 unspecified atom stereocenters. The molecule has 23 heavy (non-hydrogen) atoms. The lowest BCUT2D eigenvalue weighted by atomic mass is 9.86. The minimum absolute atomic E-state index is 0. The molecule has 0 atom stereocenters. The third kappa shape index (κ3) is 3.30. The molecular weight excluding hydrogens is 395 g/mol. The Labute approximate surface area is 155 Å². The first-order valence-corrected chi connectivity index (χ1v) is 8.33. The molecule has 0 saturated carbocycles. The number of nitrogens with one attached hydrogen (secondary N) is 1. The van der Waals surface area contributed by atoms with Crippen molar-refractivity contribution in [3.8, 4) is 11.1 Å². The molecular formula is C20H23IN2. The predicted octanol–water partition coefficient (Wildman–Crippen LogP) is 4.51. The van der Waals surface area contributed by atoms with Gasteiger partial charge in [0.1, 0.15) is 5.84 Å². The first kappa shape index (κ1) is 16.5. The second-order valence-electron chi connectivity index (χ2n) is 6.40. The number of hydrogen-bond donors (Lipinski definition) is 1. The van der Waals surface area contributed by atoms with Crippen molar-refractivity contribution < 1.29 is 0 Å². The summed E-state index contributed by atoms with van der Waals surface area (Å²) in [5.41, 5.74) is 8.26. The van der Waals surface area contributed by atoms with E-state index in [9.17, 15) is 0 Å². The van der Waals surface area contributed by atoms with Gasteiger partial charge in [-0.15, -0.1) is 24.0 Å². The van der Waals surface area contributed by atoms with Gasteiger partial charge in [0.15, 0.2) is 0 Å². The molecule has 0 radical (unpaired) electrons. The molecule has 0 spiro atoms. The summed E-state index contributed by atoms with van der Waals surface area (Å²) in [7, 11) is 0. The summed E-state index contributed by atoms with van der Waals surface area (Å²) in [5.74, 6) is 1.07. The summed E-state index contributed by atoms with van der Waals surface area (Å²) in [4.78, 5) is 4.66. The fourth-order valence-corrected chi connectivity index (χ4v) is 3.53. The molecule has 0 fully saturated rings. The Morgan fingerprint density at radius 2 is 1.57 bits per heavy atom. The molecule has 1 aliphatic carbocycles. The van der Waals surface area contributed by atoms with E-state index >= 15 is 0 Å². The van der Waals surface area contributed by atoms with Gasteiger partial charge in [-0.1, -0.05) is 35.9 Å². The van der Waals surface area contributed by atoms with Gasteiger partial charge in [0.05, 0.1) is 6.54 Å². The average Bonchev–Trinajstić information content (AvgIpc) is 3.09. The van der Waals surface area contributed by atoms with Crippen LogP contribution in [0.4, 0.5) is 0 Å². The number of benzene rings is 2. The minimum atomic E-state index is 0. The van der Waals surface area contributed by atoms with Crippen molar-refractivity contribution in [2.75, 3.05) is 13.1 Å². The maximum atomic E-state index is 4.66. The van der Waals surface area contributed by atoms with Crippen molar-refractivity contribution in [2.45, 2.75) is 32.6 Å². The van der Waals surface area contributed by atoms with E-state index in [0.717, 1.165) is 18.9 Å². The van der Waals surface area contributed by atoms with E-state index in [1.165, 1.54) is 59.1 Å². The van der Waals surface area contributed by atoms with Crippen LogP contribution in [0.25, 0.3) is 11.1 Å². The summed E-state index contributed by atoms with van der Waals surface area (Å²) < 4.78 is 0. The maximum Gasteiger partial charge on any atom is 0.129 e. The highest BCUT2D eigenvalue weighted by Gasteiger charge is 2.18. The monoisotopic (exact) mass is 418 g/mol. The van der Waals surface area contributed by atoms with Crippen LogP contribution in [0.5, 0.6) is 0 Å². The van der Waals surface area contributed by atoms with Gasteiger partial charge in [-0.25, -0.2) is 0 Å². The molecule has 2 aromatic carbocycles. The molecule has 0 amide bonds. The Balaban J connectivity index is 0.00000156. The number of amidine groups is 1. The van der Waals surface area contributed by atoms with Gasteiger partial charge in [-0.2, -0.15) is 0 Å². The number of hydrogen-bond acceptors (Lipinski definition) is 2. The Morgan fingerprint density at radius 3 is 2.17 bits per heavy atom. The lowest BCUT2D eigenvalue weighted by Crippen LogP contribution is -2.21. The third-order valence-corrected chi connectivity index (χ3v) is 4.77. The van der Waals surface area contributed by atoms with Gasteiger partial charge in [0.2, 0.25) is 0 Å². The SMILES string of the molecule is Cc1ccc(-c2cc3c(cc2C2=NCCN2)CCCC3)cc1.I. The number of nitrogens with zero attached hydrogens (tertiary/aromatic N) is 1. The molecule has 3 heteroatoms. The van der Waals surface area contributed by atoms with Gasteiger partial charge in [0, 0.05) is 12.1 Å². The van der Waals surface area contributed by atoms with Crippen molar-refractivity contribution >= 4 is 29.8 Å². The van der Waals surface area contributed by atoms with Crippen LogP contribution in [-0.2, 0) is 12.8 Å². The second kappa shape index (κ2) is 7.04. The first-order valence-electron chi connectivity index (χ1n) is 8.33. The minimum Gasteiger partial charge on any atom is -0.368 e. The molecule has 120 valence electrons. The van der Waals surface area contributed by atoms with Crippen LogP contribution >= 0.6 is 24.0 Å². The standard InChI is InChI=1S/C20H22N2.HI/c1-14-6-8-15(9-7-14)18-12-16-4-2-3-5-17(16)13-19(18)20-21-10-11-22-20;/h6-9,12-13H,2-5,10-11H2,1H3,(H,21,22);1H. The van der Waals surface area contributed by atoms with E-state index in [1.807, 2.05) is 0 Å². The van der Waals surface area contributed by atoms with Gasteiger partial charge in [-0.05, 0) is 60.9 Å². The number of aliphatic imine (C=N–C) groups is 1. The fourth-order valence-electron chi connectivity index (χ4n) is 3.53. The molecule has 1 aliphatic heterocycles. The molecule has 4 rings (SSSR count). The number of fused-ring (bicyclic) bond motifs is 1. The molecule has 1 N–H and O–H groups in total. The van der Waals surface area contributed by atoms with Crippen molar-refractivity contribution in [3.63, 3.8) is 0 Å². The summed E-state index contributed by atoms with van der Waals surface area (Å²) in [6.07, 6.45) is 5.06. The van der Waals surface area contributed by atoms with Crippen LogP contribution < -0.4 is 5.32 Å². The largest absolute Gasteiger partial charge is 0.368 e. The van der Waals surface area contributed by atoms with Crippen LogP contribution in [0.2, 0.25) is 0 Å². The highest BCUT2D eigenvalue weighted by molar-refractivity contribution is 14.0. The second-order valence-corrected chi connectivity index (χ2v) is 6.40. The van der Waals surface area contributed by atoms with E-state index in [1.54, 1.807) is 0 Å². The number of halogens is 1. The zero-order valence-electron chi connectivity index (χ0n) is 13.6. The quantitative estimate of drug-likeness (QED) is 0.714. The fraction of sp³-hybridized carbons (Fsp3) is 0.350. The smallest absolute Gasteiger partial charge is 0.129 e. The third-order valence-electron chi connectivity index (χ3n) is 4.77. The van der Waals surface area contributed by atoms with Crippen molar-refractivity contribution in [2.24, 2.45) is 4.99 Å². The van der Waals surface area contributed by atoms with Gasteiger partial charge >= 0.3 is 0 Å². The molecule has 2 aromatic rings. The summed E-state index contributed by atoms with van der Waals surface area (Å²) in [6.45, 7) is 3.99. The number of aryl methyl sites for hydroxylation is 3. The summed E-state index contributed by atoms with van der Waals surface area (Å²) in [6, 6.07) is 13.7. The Kier molecular flexibility index (Phi) is 5.05. The predicted molar refractivity (Wildman–Crippen MR) is 108 cm³/mol. The van der Waals surface area contributed by atoms with Crippen molar-refractivity contribution in [1.82, 2.24) is 5.32 Å². The normalized spacial score (nSPS) is 16.1. The highest BCUT2D eigenvalue weighted by atomic mass is 127. The molecule has 0 bridgehead atoms. The Bertz CT molecular complexity index is 732. The molecule has 0 aromatic heterocycles.